The van der Waals surface area contributed by atoms with Crippen LogP contribution in [0, 0.1) is 0 Å². The van der Waals surface area contributed by atoms with E-state index in [0.717, 1.165) is 17.0 Å². The van der Waals surface area contributed by atoms with Gasteiger partial charge in [0.25, 0.3) is 0 Å². The zero-order chi connectivity index (χ0) is 17.2. The SMILES string of the molecule is CS(=O)(=O)c1ccccc1Cc1nccn1Cc1cccc(O)c1. The molecular weight excluding hydrogens is 324 g/mol. The highest BCUT2D eigenvalue weighted by molar-refractivity contribution is 7.90. The number of imidazole rings is 1. The molecule has 0 aliphatic heterocycles. The molecule has 1 aromatic heterocycles. The van der Waals surface area contributed by atoms with E-state index in [0.29, 0.717) is 17.9 Å². The van der Waals surface area contributed by atoms with Crippen molar-refractivity contribution in [2.75, 3.05) is 6.26 Å². The van der Waals surface area contributed by atoms with E-state index in [1.807, 2.05) is 29.0 Å². The van der Waals surface area contributed by atoms with Crippen LogP contribution in [0.3, 0.4) is 0 Å². The van der Waals surface area contributed by atoms with E-state index in [-0.39, 0.29) is 5.75 Å². The van der Waals surface area contributed by atoms with Crippen molar-refractivity contribution < 1.29 is 13.5 Å². The molecule has 0 aliphatic rings. The molecule has 1 heterocycles. The molecule has 3 aromatic rings. The van der Waals surface area contributed by atoms with Crippen LogP contribution in [-0.2, 0) is 22.8 Å². The Morgan fingerprint density at radius 1 is 1.12 bits per heavy atom. The van der Waals surface area contributed by atoms with Crippen LogP contribution in [0.2, 0.25) is 0 Å². The first-order chi connectivity index (χ1) is 11.4. The van der Waals surface area contributed by atoms with E-state index in [2.05, 4.69) is 4.98 Å². The van der Waals surface area contributed by atoms with Gasteiger partial charge in [-0.25, -0.2) is 13.4 Å². The summed E-state index contributed by atoms with van der Waals surface area (Å²) in [7, 11) is -3.28. The molecule has 2 aromatic carbocycles. The summed E-state index contributed by atoms with van der Waals surface area (Å²) in [5, 5.41) is 9.58. The molecule has 0 saturated heterocycles. The fourth-order valence-corrected chi connectivity index (χ4v) is 3.63. The summed E-state index contributed by atoms with van der Waals surface area (Å²) in [5.74, 6) is 0.992. The number of hydrogen-bond acceptors (Lipinski definition) is 4. The molecule has 3 rings (SSSR count). The molecule has 6 heteroatoms. The molecule has 1 N–H and O–H groups in total. The average molecular weight is 342 g/mol. The summed E-state index contributed by atoms with van der Waals surface area (Å²) in [4.78, 5) is 4.69. The van der Waals surface area contributed by atoms with Gasteiger partial charge in [-0.2, -0.15) is 0 Å². The molecule has 0 amide bonds. The Morgan fingerprint density at radius 3 is 2.67 bits per heavy atom. The molecule has 124 valence electrons. The number of benzene rings is 2. The van der Waals surface area contributed by atoms with Crippen LogP contribution in [0.15, 0.2) is 65.8 Å². The molecule has 0 atom stereocenters. The lowest BCUT2D eigenvalue weighted by Gasteiger charge is -2.11. The second-order valence-corrected chi connectivity index (χ2v) is 7.68. The van der Waals surface area contributed by atoms with Gasteiger partial charge in [0, 0.05) is 31.6 Å². The molecule has 0 fully saturated rings. The predicted octanol–water partition coefficient (Wildman–Crippen LogP) is 2.63. The molecule has 0 bridgehead atoms. The van der Waals surface area contributed by atoms with Crippen molar-refractivity contribution in [3.63, 3.8) is 0 Å². The fourth-order valence-electron chi connectivity index (χ4n) is 2.68. The van der Waals surface area contributed by atoms with Crippen LogP contribution >= 0.6 is 0 Å². The van der Waals surface area contributed by atoms with Crippen LogP contribution < -0.4 is 0 Å². The van der Waals surface area contributed by atoms with Gasteiger partial charge in [0.2, 0.25) is 0 Å². The maximum Gasteiger partial charge on any atom is 0.175 e. The number of aromatic nitrogens is 2. The Kier molecular flexibility index (Phi) is 4.40. The van der Waals surface area contributed by atoms with Gasteiger partial charge in [-0.1, -0.05) is 30.3 Å². The van der Waals surface area contributed by atoms with Crippen molar-refractivity contribution >= 4 is 9.84 Å². The Labute approximate surface area is 141 Å². The lowest BCUT2D eigenvalue weighted by atomic mass is 10.1. The summed E-state index contributed by atoms with van der Waals surface area (Å²) in [6, 6.07) is 14.0. The zero-order valence-electron chi connectivity index (χ0n) is 13.3. The summed E-state index contributed by atoms with van der Waals surface area (Å²) in [6.07, 6.45) is 5.18. The van der Waals surface area contributed by atoms with Gasteiger partial charge in [0.15, 0.2) is 9.84 Å². The lowest BCUT2D eigenvalue weighted by Crippen LogP contribution is -2.08. The Hall–Kier alpha value is -2.60. The molecule has 0 aliphatic carbocycles. The second kappa shape index (κ2) is 6.49. The van der Waals surface area contributed by atoms with Crippen LogP contribution in [0.5, 0.6) is 5.75 Å². The smallest absolute Gasteiger partial charge is 0.175 e. The van der Waals surface area contributed by atoms with Crippen molar-refractivity contribution in [3.8, 4) is 5.75 Å². The Balaban J connectivity index is 1.90. The number of phenols is 1. The van der Waals surface area contributed by atoms with Gasteiger partial charge in [0.05, 0.1) is 4.90 Å². The Morgan fingerprint density at radius 2 is 1.92 bits per heavy atom. The first-order valence-corrected chi connectivity index (χ1v) is 9.38. The monoisotopic (exact) mass is 342 g/mol. The van der Waals surface area contributed by atoms with Crippen LogP contribution in [-0.4, -0.2) is 29.3 Å². The molecule has 0 spiro atoms. The van der Waals surface area contributed by atoms with Gasteiger partial charge >= 0.3 is 0 Å². The van der Waals surface area contributed by atoms with E-state index in [4.69, 9.17) is 0 Å². The summed E-state index contributed by atoms with van der Waals surface area (Å²) < 4.78 is 25.8. The minimum absolute atomic E-state index is 0.219. The number of phenolic OH excluding ortho intramolecular Hbond substituents is 1. The second-order valence-electron chi connectivity index (χ2n) is 5.70. The van der Waals surface area contributed by atoms with Crippen LogP contribution in [0.25, 0.3) is 0 Å². The zero-order valence-corrected chi connectivity index (χ0v) is 14.1. The van der Waals surface area contributed by atoms with Gasteiger partial charge < -0.3 is 9.67 Å². The topological polar surface area (TPSA) is 72.2 Å². The van der Waals surface area contributed by atoms with Crippen molar-refractivity contribution in [1.82, 2.24) is 9.55 Å². The van der Waals surface area contributed by atoms with Gasteiger partial charge in [-0.15, -0.1) is 0 Å². The maximum atomic E-state index is 11.9. The van der Waals surface area contributed by atoms with Crippen LogP contribution in [0.4, 0.5) is 0 Å². The minimum atomic E-state index is -3.28. The quantitative estimate of drug-likeness (QED) is 0.774. The molecule has 24 heavy (non-hydrogen) atoms. The predicted molar refractivity (Wildman–Crippen MR) is 91.8 cm³/mol. The molecule has 0 unspecified atom stereocenters. The fraction of sp³-hybridized carbons (Fsp3) is 0.167. The molecular formula is C18H18N2O3S. The maximum absolute atomic E-state index is 11.9. The van der Waals surface area contributed by atoms with Crippen LogP contribution in [0.1, 0.15) is 17.0 Å². The largest absolute Gasteiger partial charge is 0.508 e. The number of hydrogen-bond donors (Lipinski definition) is 1. The average Bonchev–Trinajstić information content (AvgIpc) is 2.94. The van der Waals surface area contributed by atoms with Crippen molar-refractivity contribution in [1.29, 1.82) is 0 Å². The van der Waals surface area contributed by atoms with E-state index in [1.165, 1.54) is 6.26 Å². The molecule has 0 radical (unpaired) electrons. The highest BCUT2D eigenvalue weighted by atomic mass is 32.2. The van der Waals surface area contributed by atoms with E-state index in [1.54, 1.807) is 36.5 Å². The highest BCUT2D eigenvalue weighted by Crippen LogP contribution is 2.19. The first-order valence-electron chi connectivity index (χ1n) is 7.49. The third-order valence-corrected chi connectivity index (χ3v) is 4.98. The molecule has 5 nitrogen and oxygen atoms in total. The van der Waals surface area contributed by atoms with Gasteiger partial charge in [-0.05, 0) is 29.3 Å². The normalized spacial score (nSPS) is 11.5. The Bertz CT molecular complexity index is 962. The first kappa shape index (κ1) is 16.3. The lowest BCUT2D eigenvalue weighted by molar-refractivity contribution is 0.474. The van der Waals surface area contributed by atoms with E-state index < -0.39 is 9.84 Å². The molecule has 0 saturated carbocycles. The van der Waals surface area contributed by atoms with E-state index in [9.17, 15) is 13.5 Å². The van der Waals surface area contributed by atoms with Gasteiger partial charge in [-0.3, -0.25) is 0 Å². The number of aromatic hydroxyl groups is 1. The number of rotatable bonds is 5. The number of sulfone groups is 1. The van der Waals surface area contributed by atoms with Crippen molar-refractivity contribution in [3.05, 3.63) is 77.9 Å². The van der Waals surface area contributed by atoms with E-state index >= 15 is 0 Å². The van der Waals surface area contributed by atoms with Crippen molar-refractivity contribution in [2.45, 2.75) is 17.9 Å². The summed E-state index contributed by atoms with van der Waals surface area (Å²) >= 11 is 0. The third-order valence-electron chi connectivity index (χ3n) is 3.79. The highest BCUT2D eigenvalue weighted by Gasteiger charge is 2.14. The standard InChI is InChI=1S/C18H18N2O3S/c1-24(22,23)17-8-3-2-6-15(17)12-18-19-9-10-20(18)13-14-5-4-7-16(21)11-14/h2-11,21H,12-13H2,1H3. The number of nitrogens with zero attached hydrogens (tertiary/aromatic N) is 2. The van der Waals surface area contributed by atoms with Gasteiger partial charge in [0.1, 0.15) is 11.6 Å². The van der Waals surface area contributed by atoms with Crippen molar-refractivity contribution in [2.24, 2.45) is 0 Å². The summed E-state index contributed by atoms with van der Waals surface area (Å²) in [5.41, 5.74) is 1.68. The third kappa shape index (κ3) is 3.65. The minimum Gasteiger partial charge on any atom is -0.508 e. The summed E-state index contributed by atoms with van der Waals surface area (Å²) in [6.45, 7) is 0.560.